The van der Waals surface area contributed by atoms with Crippen LogP contribution in [0.4, 0.5) is 10.2 Å². The molecule has 9 heteroatoms. The average Bonchev–Trinajstić information content (AvgIpc) is 3.56. The predicted molar refractivity (Wildman–Crippen MR) is 143 cm³/mol. The van der Waals surface area contributed by atoms with Crippen LogP contribution in [0, 0.1) is 0 Å². The first kappa shape index (κ1) is 23.9. The highest BCUT2D eigenvalue weighted by atomic mass is 19.1. The van der Waals surface area contributed by atoms with E-state index in [0.717, 1.165) is 54.6 Å². The van der Waals surface area contributed by atoms with E-state index < -0.39 is 6.17 Å². The van der Waals surface area contributed by atoms with Crippen molar-refractivity contribution in [3.05, 3.63) is 48.0 Å². The quantitative estimate of drug-likeness (QED) is 0.488. The Morgan fingerprint density at radius 1 is 1.05 bits per heavy atom. The van der Waals surface area contributed by atoms with Crippen molar-refractivity contribution in [1.29, 1.82) is 0 Å². The number of nitrogens with zero attached hydrogens (tertiary/aromatic N) is 4. The molecule has 0 unspecified atom stereocenters. The first-order valence-electron chi connectivity index (χ1n) is 13.8. The van der Waals surface area contributed by atoms with Crippen LogP contribution >= 0.6 is 0 Å². The summed E-state index contributed by atoms with van der Waals surface area (Å²) in [5.74, 6) is 1.42. The normalized spacial score (nSPS) is 28.7. The summed E-state index contributed by atoms with van der Waals surface area (Å²) in [6.07, 6.45) is 4.04. The van der Waals surface area contributed by atoms with Gasteiger partial charge in [0.2, 0.25) is 5.88 Å². The molecule has 2 bridgehead atoms. The number of aromatic nitrogens is 2. The summed E-state index contributed by atoms with van der Waals surface area (Å²) in [7, 11) is 0. The molecule has 4 saturated heterocycles. The van der Waals surface area contributed by atoms with Crippen molar-refractivity contribution in [3.63, 3.8) is 0 Å². The number of hydrogen-bond acceptors (Lipinski definition) is 8. The van der Waals surface area contributed by atoms with Crippen LogP contribution in [0.15, 0.2) is 42.5 Å². The molecule has 0 radical (unpaired) electrons. The lowest BCUT2D eigenvalue weighted by atomic mass is 9.95. The lowest BCUT2D eigenvalue weighted by Gasteiger charge is -2.34. The van der Waals surface area contributed by atoms with Crippen LogP contribution in [0.1, 0.15) is 37.7 Å². The largest absolute Gasteiger partial charge is 0.508 e. The van der Waals surface area contributed by atoms with Gasteiger partial charge in [0.15, 0.2) is 0 Å². The van der Waals surface area contributed by atoms with Gasteiger partial charge in [-0.2, -0.15) is 9.97 Å². The molecule has 4 fully saturated rings. The second kappa shape index (κ2) is 9.54. The van der Waals surface area contributed by atoms with Crippen molar-refractivity contribution >= 4 is 16.6 Å². The Balaban J connectivity index is 1.16. The number of hydrogen-bond donors (Lipinski definition) is 2. The molecular weight excluding hydrogens is 485 g/mol. The first-order valence-corrected chi connectivity index (χ1v) is 13.8. The fourth-order valence-electron chi connectivity index (χ4n) is 6.97. The Hall–Kier alpha value is -3.17. The Morgan fingerprint density at radius 2 is 1.89 bits per heavy atom. The number of anilines is 1. The third-order valence-corrected chi connectivity index (χ3v) is 8.75. The van der Waals surface area contributed by atoms with Gasteiger partial charge in [0.05, 0.1) is 5.54 Å². The van der Waals surface area contributed by atoms with Crippen LogP contribution in [0.5, 0.6) is 17.6 Å². The van der Waals surface area contributed by atoms with E-state index in [1.807, 2.05) is 30.3 Å². The van der Waals surface area contributed by atoms with Crippen LogP contribution in [0.2, 0.25) is 0 Å². The summed E-state index contributed by atoms with van der Waals surface area (Å²) in [6, 6.07) is 14.5. The Kier molecular flexibility index (Phi) is 6.00. The highest BCUT2D eigenvalue weighted by Gasteiger charge is 2.49. The molecule has 1 aromatic heterocycles. The monoisotopic (exact) mass is 519 g/mol. The van der Waals surface area contributed by atoms with Crippen LogP contribution in [-0.4, -0.2) is 76.6 Å². The zero-order valence-corrected chi connectivity index (χ0v) is 21.5. The summed E-state index contributed by atoms with van der Waals surface area (Å²) < 4.78 is 26.7. The zero-order chi connectivity index (χ0) is 25.7. The molecule has 5 heterocycles. The number of ether oxygens (including phenoxy) is 2. The maximum atomic E-state index is 14.3. The number of fused-ring (bicyclic) bond motifs is 4. The summed E-state index contributed by atoms with van der Waals surface area (Å²) in [5.41, 5.74) is 0.609. The van der Waals surface area contributed by atoms with E-state index in [0.29, 0.717) is 37.5 Å². The number of benzene rings is 2. The predicted octanol–water partition coefficient (Wildman–Crippen LogP) is 3.81. The topological polar surface area (TPSA) is 83.0 Å². The highest BCUT2D eigenvalue weighted by Crippen LogP contribution is 2.40. The minimum absolute atomic E-state index is 0.203. The van der Waals surface area contributed by atoms with Gasteiger partial charge in [0.1, 0.15) is 31.0 Å². The molecule has 0 aliphatic carbocycles. The highest BCUT2D eigenvalue weighted by molar-refractivity contribution is 5.87. The molecule has 3 aromatic rings. The lowest BCUT2D eigenvalue weighted by Crippen LogP contribution is -2.51. The van der Waals surface area contributed by atoms with Crippen molar-refractivity contribution in [2.24, 2.45) is 0 Å². The van der Waals surface area contributed by atoms with E-state index in [1.165, 1.54) is 12.8 Å². The Labute approximate surface area is 221 Å². The maximum Gasteiger partial charge on any atom is 0.321 e. The third kappa shape index (κ3) is 4.52. The lowest BCUT2D eigenvalue weighted by molar-refractivity contribution is 0.106. The molecule has 38 heavy (non-hydrogen) atoms. The van der Waals surface area contributed by atoms with Crippen molar-refractivity contribution in [3.8, 4) is 17.6 Å². The number of piperazine rings is 1. The molecule has 2 N–H and O–H groups in total. The molecule has 2 aromatic carbocycles. The molecule has 0 saturated carbocycles. The van der Waals surface area contributed by atoms with Gasteiger partial charge in [-0.3, -0.25) is 4.90 Å². The average molecular weight is 520 g/mol. The van der Waals surface area contributed by atoms with Crippen LogP contribution < -0.4 is 19.7 Å². The van der Waals surface area contributed by atoms with Gasteiger partial charge in [0, 0.05) is 49.8 Å². The maximum absolute atomic E-state index is 14.3. The molecule has 4 aliphatic heterocycles. The Bertz CT molecular complexity index is 1330. The van der Waals surface area contributed by atoms with E-state index in [-0.39, 0.29) is 23.9 Å². The number of aromatic hydroxyl groups is 1. The van der Waals surface area contributed by atoms with Crippen LogP contribution in [0.25, 0.3) is 10.8 Å². The van der Waals surface area contributed by atoms with Gasteiger partial charge in [-0.05, 0) is 55.1 Å². The third-order valence-electron chi connectivity index (χ3n) is 8.75. The van der Waals surface area contributed by atoms with E-state index in [4.69, 9.17) is 14.5 Å². The van der Waals surface area contributed by atoms with Gasteiger partial charge in [-0.15, -0.1) is 0 Å². The van der Waals surface area contributed by atoms with Gasteiger partial charge in [-0.1, -0.05) is 24.3 Å². The van der Waals surface area contributed by atoms with Gasteiger partial charge < -0.3 is 24.8 Å². The second-order valence-electron chi connectivity index (χ2n) is 11.4. The van der Waals surface area contributed by atoms with Gasteiger partial charge in [0.25, 0.3) is 0 Å². The number of rotatable bonds is 7. The summed E-state index contributed by atoms with van der Waals surface area (Å²) in [4.78, 5) is 13.9. The van der Waals surface area contributed by atoms with E-state index in [9.17, 15) is 9.50 Å². The SMILES string of the molecule is Oc1cc(COc2cc(N3C[C@H]4CC[C@@H](C3)N4)nc(OC[C@@]34CCCN3C[C@H](F)C4)n2)c2ccccc2c1. The molecule has 7 rings (SSSR count). The molecule has 200 valence electrons. The smallest absolute Gasteiger partial charge is 0.321 e. The number of phenolic OH excluding ortho intramolecular Hbond substituents is 1. The second-order valence-corrected chi connectivity index (χ2v) is 11.4. The van der Waals surface area contributed by atoms with E-state index >= 15 is 0 Å². The van der Waals surface area contributed by atoms with Gasteiger partial charge in [-0.25, -0.2) is 4.39 Å². The Morgan fingerprint density at radius 3 is 2.76 bits per heavy atom. The summed E-state index contributed by atoms with van der Waals surface area (Å²) in [5, 5.41) is 15.9. The standard InChI is InChI=1S/C29H34FN5O3/c30-21-13-29(8-3-9-35(29)14-21)18-38-28-32-26(34-15-22-6-7-23(16-34)31-22)12-27(33-28)37-17-20-11-24(36)10-19-4-1-2-5-25(19)20/h1-2,4-5,10-12,21-23,31,36H,3,6-9,13-18H2/t21-,22-,23+,29+/m1/s1. The van der Waals surface area contributed by atoms with E-state index in [1.54, 1.807) is 12.1 Å². The molecular formula is C29H34FN5O3. The summed E-state index contributed by atoms with van der Waals surface area (Å²) >= 11 is 0. The fraction of sp³-hybridized carbons (Fsp3) is 0.517. The number of phenols is 1. The fourth-order valence-corrected chi connectivity index (χ4v) is 6.97. The summed E-state index contributed by atoms with van der Waals surface area (Å²) in [6.45, 7) is 3.79. The van der Waals surface area contributed by atoms with Crippen LogP contribution in [-0.2, 0) is 6.61 Å². The van der Waals surface area contributed by atoms with E-state index in [2.05, 4.69) is 20.1 Å². The van der Waals surface area contributed by atoms with Crippen molar-refractivity contribution in [1.82, 2.24) is 20.2 Å². The molecule has 0 spiro atoms. The molecule has 4 aliphatic rings. The van der Waals surface area contributed by atoms with Crippen LogP contribution in [0.3, 0.4) is 0 Å². The van der Waals surface area contributed by atoms with Crippen molar-refractivity contribution < 1.29 is 19.0 Å². The molecule has 0 amide bonds. The van der Waals surface area contributed by atoms with Crippen molar-refractivity contribution in [2.45, 2.75) is 62.5 Å². The number of alkyl halides is 1. The molecule has 4 atom stereocenters. The first-order chi connectivity index (χ1) is 18.5. The minimum Gasteiger partial charge on any atom is -0.508 e. The van der Waals surface area contributed by atoms with Crippen molar-refractivity contribution in [2.75, 3.05) is 37.7 Å². The minimum atomic E-state index is -0.807. The van der Waals surface area contributed by atoms with Gasteiger partial charge >= 0.3 is 6.01 Å². The molecule has 8 nitrogen and oxygen atoms in total. The number of halogens is 1. The number of nitrogens with one attached hydrogen (secondary N) is 1. The zero-order valence-electron chi connectivity index (χ0n) is 21.5.